The van der Waals surface area contributed by atoms with E-state index in [0.717, 1.165) is 20.7 Å². The molecule has 0 aliphatic rings. The second kappa shape index (κ2) is 7.14. The number of halogens is 1. The summed E-state index contributed by atoms with van der Waals surface area (Å²) in [4.78, 5) is 11.8. The fourth-order valence-electron chi connectivity index (χ4n) is 1.63. The lowest BCUT2D eigenvalue weighted by Gasteiger charge is -2.08. The lowest BCUT2D eigenvalue weighted by atomic mass is 10.3. The summed E-state index contributed by atoms with van der Waals surface area (Å²) in [5.41, 5.74) is 1.48. The highest BCUT2D eigenvalue weighted by atomic mass is 127. The Labute approximate surface area is 131 Å². The quantitative estimate of drug-likeness (QED) is 0.774. The molecular formula is C15H15IN2O2. The number of hydrogen-bond acceptors (Lipinski definition) is 2. The maximum absolute atomic E-state index is 11.8. The molecule has 2 aromatic carbocycles. The van der Waals surface area contributed by atoms with E-state index in [9.17, 15) is 4.79 Å². The van der Waals surface area contributed by atoms with Crippen LogP contribution in [0.3, 0.4) is 0 Å². The minimum absolute atomic E-state index is 0.268. The van der Waals surface area contributed by atoms with Gasteiger partial charge in [0.1, 0.15) is 5.75 Å². The molecule has 0 aliphatic heterocycles. The molecule has 20 heavy (non-hydrogen) atoms. The zero-order valence-electron chi connectivity index (χ0n) is 11.0. The van der Waals surface area contributed by atoms with Crippen molar-refractivity contribution in [3.05, 3.63) is 52.1 Å². The van der Waals surface area contributed by atoms with E-state index in [1.807, 2.05) is 43.3 Å². The molecule has 0 atom stereocenters. The van der Waals surface area contributed by atoms with E-state index in [0.29, 0.717) is 6.61 Å². The Kier molecular flexibility index (Phi) is 5.23. The molecule has 0 bridgehead atoms. The van der Waals surface area contributed by atoms with Gasteiger partial charge in [-0.05, 0) is 78.0 Å². The molecule has 0 saturated heterocycles. The van der Waals surface area contributed by atoms with Gasteiger partial charge < -0.3 is 15.4 Å². The van der Waals surface area contributed by atoms with Gasteiger partial charge in [0, 0.05) is 14.9 Å². The summed E-state index contributed by atoms with van der Waals surface area (Å²) in [6, 6.07) is 14.6. The maximum atomic E-state index is 11.8. The number of amides is 2. The third kappa shape index (κ3) is 4.41. The van der Waals surface area contributed by atoms with Crippen molar-refractivity contribution in [3.63, 3.8) is 0 Å². The average molecular weight is 382 g/mol. The topological polar surface area (TPSA) is 50.4 Å². The third-order valence-corrected chi connectivity index (χ3v) is 3.24. The Balaban J connectivity index is 1.92. The van der Waals surface area contributed by atoms with Gasteiger partial charge in [0.25, 0.3) is 0 Å². The number of urea groups is 1. The van der Waals surface area contributed by atoms with Gasteiger partial charge in [0.15, 0.2) is 0 Å². The number of rotatable bonds is 4. The molecule has 0 heterocycles. The van der Waals surface area contributed by atoms with Crippen LogP contribution in [0.5, 0.6) is 5.75 Å². The van der Waals surface area contributed by atoms with Crippen LogP contribution in [0.15, 0.2) is 48.5 Å². The van der Waals surface area contributed by atoms with Gasteiger partial charge in [0.05, 0.1) is 6.61 Å². The van der Waals surface area contributed by atoms with Gasteiger partial charge in [-0.3, -0.25) is 0 Å². The van der Waals surface area contributed by atoms with Crippen molar-refractivity contribution in [3.8, 4) is 5.75 Å². The summed E-state index contributed by atoms with van der Waals surface area (Å²) in [5, 5.41) is 5.54. The van der Waals surface area contributed by atoms with E-state index in [-0.39, 0.29) is 6.03 Å². The average Bonchev–Trinajstić information content (AvgIpc) is 2.44. The Morgan fingerprint density at radius 1 is 1.00 bits per heavy atom. The first kappa shape index (κ1) is 14.6. The Bertz CT molecular complexity index is 567. The van der Waals surface area contributed by atoms with Crippen molar-refractivity contribution in [2.45, 2.75) is 6.92 Å². The van der Waals surface area contributed by atoms with Crippen LogP contribution in [0.2, 0.25) is 0 Å². The summed E-state index contributed by atoms with van der Waals surface area (Å²) in [6.07, 6.45) is 0. The molecule has 0 fully saturated rings. The van der Waals surface area contributed by atoms with Crippen molar-refractivity contribution in [1.29, 1.82) is 0 Å². The molecule has 0 unspecified atom stereocenters. The molecule has 0 saturated carbocycles. The fourth-order valence-corrected chi connectivity index (χ4v) is 1.99. The van der Waals surface area contributed by atoms with E-state index in [1.165, 1.54) is 0 Å². The van der Waals surface area contributed by atoms with Crippen molar-refractivity contribution in [2.24, 2.45) is 0 Å². The highest BCUT2D eigenvalue weighted by Crippen LogP contribution is 2.16. The Morgan fingerprint density at radius 3 is 2.00 bits per heavy atom. The number of ether oxygens (including phenoxy) is 1. The fraction of sp³-hybridized carbons (Fsp3) is 0.133. The van der Waals surface area contributed by atoms with Crippen LogP contribution in [0, 0.1) is 3.57 Å². The molecule has 4 nitrogen and oxygen atoms in total. The molecule has 5 heteroatoms. The van der Waals surface area contributed by atoms with E-state index < -0.39 is 0 Å². The summed E-state index contributed by atoms with van der Waals surface area (Å²) in [7, 11) is 0. The molecule has 2 N–H and O–H groups in total. The highest BCUT2D eigenvalue weighted by Gasteiger charge is 2.02. The van der Waals surface area contributed by atoms with Gasteiger partial charge in [-0.1, -0.05) is 0 Å². The number of carbonyl (C=O) groups is 1. The number of carbonyl (C=O) groups excluding carboxylic acids is 1. The number of benzene rings is 2. The van der Waals surface area contributed by atoms with E-state index in [2.05, 4.69) is 33.2 Å². The third-order valence-electron chi connectivity index (χ3n) is 2.53. The monoisotopic (exact) mass is 382 g/mol. The van der Waals surface area contributed by atoms with Gasteiger partial charge in [-0.2, -0.15) is 0 Å². The first-order valence-corrected chi connectivity index (χ1v) is 7.31. The number of hydrogen-bond donors (Lipinski definition) is 2. The zero-order valence-corrected chi connectivity index (χ0v) is 13.2. The second-order valence-electron chi connectivity index (χ2n) is 4.04. The molecule has 0 aromatic heterocycles. The number of anilines is 2. The minimum Gasteiger partial charge on any atom is -0.494 e. The second-order valence-corrected chi connectivity index (χ2v) is 5.29. The molecule has 2 amide bonds. The lowest BCUT2D eigenvalue weighted by Crippen LogP contribution is -2.19. The van der Waals surface area contributed by atoms with Crippen LogP contribution in [-0.4, -0.2) is 12.6 Å². The highest BCUT2D eigenvalue weighted by molar-refractivity contribution is 14.1. The van der Waals surface area contributed by atoms with Gasteiger partial charge in [0.2, 0.25) is 0 Å². The van der Waals surface area contributed by atoms with E-state index in [4.69, 9.17) is 4.74 Å². The zero-order chi connectivity index (χ0) is 14.4. The molecule has 0 aliphatic carbocycles. The summed E-state index contributed by atoms with van der Waals surface area (Å²) in [5.74, 6) is 0.788. The van der Waals surface area contributed by atoms with Crippen LogP contribution < -0.4 is 15.4 Å². The van der Waals surface area contributed by atoms with Crippen molar-refractivity contribution in [2.75, 3.05) is 17.2 Å². The SMILES string of the molecule is CCOc1ccc(NC(=O)Nc2ccc(I)cc2)cc1. The van der Waals surface area contributed by atoms with Crippen LogP contribution in [-0.2, 0) is 0 Å². The smallest absolute Gasteiger partial charge is 0.323 e. The van der Waals surface area contributed by atoms with Gasteiger partial charge in [-0.15, -0.1) is 0 Å². The standard InChI is InChI=1S/C15H15IN2O2/c1-2-20-14-9-7-13(8-10-14)18-15(19)17-12-5-3-11(16)4-6-12/h3-10H,2H2,1H3,(H2,17,18,19). The molecule has 2 rings (SSSR count). The van der Waals surface area contributed by atoms with Crippen LogP contribution in [0.25, 0.3) is 0 Å². The maximum Gasteiger partial charge on any atom is 0.323 e. The largest absolute Gasteiger partial charge is 0.494 e. The molecule has 2 aromatic rings. The first-order valence-electron chi connectivity index (χ1n) is 6.24. The predicted molar refractivity (Wildman–Crippen MR) is 89.4 cm³/mol. The molecule has 0 radical (unpaired) electrons. The van der Waals surface area contributed by atoms with Crippen LogP contribution in [0.4, 0.5) is 16.2 Å². The molecule has 0 spiro atoms. The Morgan fingerprint density at radius 2 is 1.50 bits per heavy atom. The summed E-state index contributed by atoms with van der Waals surface area (Å²) in [6.45, 7) is 2.56. The first-order chi connectivity index (χ1) is 9.67. The molecular weight excluding hydrogens is 367 g/mol. The van der Waals surface area contributed by atoms with Crippen molar-refractivity contribution < 1.29 is 9.53 Å². The van der Waals surface area contributed by atoms with Crippen LogP contribution in [0.1, 0.15) is 6.92 Å². The minimum atomic E-state index is -0.268. The van der Waals surface area contributed by atoms with E-state index >= 15 is 0 Å². The van der Waals surface area contributed by atoms with Crippen LogP contribution >= 0.6 is 22.6 Å². The van der Waals surface area contributed by atoms with Gasteiger partial charge in [-0.25, -0.2) is 4.79 Å². The summed E-state index contributed by atoms with van der Waals surface area (Å²) < 4.78 is 6.47. The Hall–Kier alpha value is -1.76. The predicted octanol–water partition coefficient (Wildman–Crippen LogP) is 4.33. The molecule has 104 valence electrons. The van der Waals surface area contributed by atoms with E-state index in [1.54, 1.807) is 12.1 Å². The lowest BCUT2D eigenvalue weighted by molar-refractivity contribution is 0.262. The summed E-state index contributed by atoms with van der Waals surface area (Å²) >= 11 is 2.22. The normalized spacial score (nSPS) is 9.90. The van der Waals surface area contributed by atoms with Crippen molar-refractivity contribution in [1.82, 2.24) is 0 Å². The van der Waals surface area contributed by atoms with Crippen molar-refractivity contribution >= 4 is 40.0 Å². The van der Waals surface area contributed by atoms with Gasteiger partial charge >= 0.3 is 6.03 Å². The number of nitrogens with one attached hydrogen (secondary N) is 2.